The van der Waals surface area contributed by atoms with E-state index in [-0.39, 0.29) is 35.8 Å². The third-order valence-electron chi connectivity index (χ3n) is 6.89. The normalized spacial score (nSPS) is 17.2. The van der Waals surface area contributed by atoms with Crippen molar-refractivity contribution in [3.8, 4) is 28.0 Å². The number of hydrogen-bond acceptors (Lipinski definition) is 1. The number of alkyl halides is 2. The maximum atomic E-state index is 14.4. The topological polar surface area (TPSA) is 9.23 Å². The Morgan fingerprint density at radius 1 is 0.649 bits per heavy atom. The predicted molar refractivity (Wildman–Crippen MR) is 135 cm³/mol. The minimum Gasteiger partial charge on any atom is -0.494 e. The van der Waals surface area contributed by atoms with Crippen LogP contribution in [0.5, 0.6) is 5.75 Å². The van der Waals surface area contributed by atoms with Gasteiger partial charge < -0.3 is 4.74 Å². The highest BCUT2D eigenvalue weighted by molar-refractivity contribution is 5.72. The summed E-state index contributed by atoms with van der Waals surface area (Å²) < 4.78 is 84.3. The monoisotopic (exact) mass is 522 g/mol. The highest BCUT2D eigenvalue weighted by Gasteiger charge is 2.20. The van der Waals surface area contributed by atoms with Crippen molar-refractivity contribution in [2.24, 2.45) is 11.8 Å². The van der Waals surface area contributed by atoms with Gasteiger partial charge in [0.25, 0.3) is 0 Å². The molecule has 0 atom stereocenters. The molecule has 1 aliphatic carbocycles. The van der Waals surface area contributed by atoms with Gasteiger partial charge in [-0.15, -0.1) is 0 Å². The Morgan fingerprint density at radius 2 is 1.19 bits per heavy atom. The number of rotatable bonds is 8. The van der Waals surface area contributed by atoms with Crippen LogP contribution >= 0.6 is 0 Å². The molecule has 1 nitrogen and oxygen atoms in total. The van der Waals surface area contributed by atoms with Gasteiger partial charge >= 0.3 is 0 Å². The zero-order chi connectivity index (χ0) is 26.8. The average molecular weight is 523 g/mol. The fourth-order valence-corrected chi connectivity index (χ4v) is 4.81. The van der Waals surface area contributed by atoms with E-state index in [1.807, 2.05) is 0 Å². The molecule has 3 aromatic rings. The van der Waals surface area contributed by atoms with Crippen LogP contribution in [0.1, 0.15) is 44.9 Å². The average Bonchev–Trinajstić information content (AvgIpc) is 2.89. The van der Waals surface area contributed by atoms with Gasteiger partial charge in [-0.3, -0.25) is 8.78 Å². The number of halogens is 6. The Bertz CT molecular complexity index is 1100. The zero-order valence-electron chi connectivity index (χ0n) is 20.9. The molecule has 0 aliphatic heterocycles. The van der Waals surface area contributed by atoms with Crippen LogP contribution in [0.25, 0.3) is 22.3 Å². The first-order valence-corrected chi connectivity index (χ1v) is 12.6. The first kappa shape index (κ1) is 28.6. The molecule has 1 fully saturated rings. The second kappa shape index (κ2) is 14.1. The Hall–Kier alpha value is -2.96. The van der Waals surface area contributed by atoms with Crippen LogP contribution in [0.2, 0.25) is 0 Å². The Kier molecular flexibility index (Phi) is 10.9. The van der Waals surface area contributed by atoms with E-state index in [2.05, 4.69) is 0 Å². The molecule has 0 saturated heterocycles. The first-order valence-electron chi connectivity index (χ1n) is 12.6. The second-order valence-electron chi connectivity index (χ2n) is 9.37. The molecule has 0 N–H and O–H groups in total. The van der Waals surface area contributed by atoms with E-state index in [1.165, 1.54) is 69.2 Å². The maximum Gasteiger partial charge on any atom is 0.165 e. The van der Waals surface area contributed by atoms with Crippen LogP contribution in [0.3, 0.4) is 0 Å². The van der Waals surface area contributed by atoms with E-state index in [4.69, 9.17) is 4.74 Å². The Balaban J connectivity index is 0.000000248. The van der Waals surface area contributed by atoms with E-state index in [0.29, 0.717) is 11.5 Å². The number of ether oxygens (including phenoxy) is 1. The van der Waals surface area contributed by atoms with Crippen molar-refractivity contribution in [2.45, 2.75) is 44.9 Å². The molecule has 0 unspecified atom stereocenters. The number of benzene rings is 3. The van der Waals surface area contributed by atoms with Gasteiger partial charge in [0.2, 0.25) is 0 Å². The number of methoxy groups -OCH3 is 1. The largest absolute Gasteiger partial charge is 0.494 e. The molecule has 1 aliphatic rings. The Morgan fingerprint density at radius 3 is 1.70 bits per heavy atom. The van der Waals surface area contributed by atoms with Gasteiger partial charge in [0.1, 0.15) is 17.5 Å². The number of hydrogen-bond donors (Lipinski definition) is 0. The fourth-order valence-electron chi connectivity index (χ4n) is 4.81. The van der Waals surface area contributed by atoms with Crippen molar-refractivity contribution < 1.29 is 31.1 Å². The van der Waals surface area contributed by atoms with Gasteiger partial charge in [-0.2, -0.15) is 0 Å². The van der Waals surface area contributed by atoms with Gasteiger partial charge in [-0.05, 0) is 84.2 Å². The van der Waals surface area contributed by atoms with Crippen LogP contribution in [-0.4, -0.2) is 20.5 Å². The molecule has 1 saturated carbocycles. The molecule has 200 valence electrons. The minimum atomic E-state index is -0.834. The molecule has 0 radical (unpaired) electrons. The molecule has 0 aromatic heterocycles. The summed E-state index contributed by atoms with van der Waals surface area (Å²) in [5, 5.41) is 0. The van der Waals surface area contributed by atoms with Crippen molar-refractivity contribution in [1.29, 1.82) is 0 Å². The van der Waals surface area contributed by atoms with Crippen molar-refractivity contribution in [3.05, 3.63) is 77.9 Å². The fraction of sp³-hybridized carbons (Fsp3) is 0.400. The quantitative estimate of drug-likeness (QED) is 0.268. The predicted octanol–water partition coefficient (Wildman–Crippen LogP) is 9.49. The molecule has 0 bridgehead atoms. The van der Waals surface area contributed by atoms with Crippen LogP contribution in [0.4, 0.5) is 26.3 Å². The molecule has 0 heterocycles. The molecule has 0 spiro atoms. The zero-order valence-corrected chi connectivity index (χ0v) is 20.9. The van der Waals surface area contributed by atoms with Gasteiger partial charge in [0.15, 0.2) is 11.6 Å². The van der Waals surface area contributed by atoms with Crippen LogP contribution in [-0.2, 0) is 0 Å². The van der Waals surface area contributed by atoms with Gasteiger partial charge in [0, 0.05) is 0 Å². The molecule has 37 heavy (non-hydrogen) atoms. The lowest BCUT2D eigenvalue weighted by Gasteiger charge is -2.27. The SMILES string of the molecule is COc1ccc(-c2c(F)cc(-c3ccc(F)cc3)cc2F)cc1F.FCCCC1CCC(CCF)CC1. The molecule has 0 amide bonds. The second-order valence-corrected chi connectivity index (χ2v) is 9.37. The van der Waals surface area contributed by atoms with E-state index >= 15 is 0 Å². The summed E-state index contributed by atoms with van der Waals surface area (Å²) in [6.45, 7) is -0.343. The third-order valence-corrected chi connectivity index (χ3v) is 6.89. The standard InChI is InChI=1S/C19H12F4O.C11H20F2/c1-24-18-7-4-12(8-15(18)21)19-16(22)9-13(10-17(19)23)11-2-5-14(20)6-3-11;12-8-1-2-10-3-5-11(6-4-10)7-9-13/h2-10H,1H3;10-11H,1-9H2. The van der Waals surface area contributed by atoms with E-state index < -0.39 is 23.3 Å². The molecule has 7 heteroatoms. The summed E-state index contributed by atoms with van der Waals surface area (Å²) in [5.41, 5.74) is 0.473. The van der Waals surface area contributed by atoms with Gasteiger partial charge in [-0.25, -0.2) is 17.6 Å². The van der Waals surface area contributed by atoms with Crippen molar-refractivity contribution in [1.82, 2.24) is 0 Å². The highest BCUT2D eigenvalue weighted by atomic mass is 19.1. The van der Waals surface area contributed by atoms with Crippen LogP contribution < -0.4 is 4.74 Å². The van der Waals surface area contributed by atoms with E-state index in [9.17, 15) is 26.3 Å². The van der Waals surface area contributed by atoms with E-state index in [0.717, 1.165) is 43.4 Å². The summed E-state index contributed by atoms with van der Waals surface area (Å²) in [7, 11) is 1.30. The summed E-state index contributed by atoms with van der Waals surface area (Å²) in [6, 6.07) is 11.2. The van der Waals surface area contributed by atoms with Crippen molar-refractivity contribution >= 4 is 0 Å². The first-order chi connectivity index (χ1) is 17.9. The van der Waals surface area contributed by atoms with Crippen LogP contribution in [0.15, 0.2) is 54.6 Å². The summed E-state index contributed by atoms with van der Waals surface area (Å²) in [4.78, 5) is 0. The van der Waals surface area contributed by atoms with Gasteiger partial charge in [-0.1, -0.05) is 43.9 Å². The summed E-state index contributed by atoms with van der Waals surface area (Å²) in [6.07, 6.45) is 7.24. The molecular weight excluding hydrogens is 490 g/mol. The highest BCUT2D eigenvalue weighted by Crippen LogP contribution is 2.34. The minimum absolute atomic E-state index is 0.0116. The third kappa shape index (κ3) is 8.01. The molecule has 4 rings (SSSR count). The smallest absolute Gasteiger partial charge is 0.165 e. The van der Waals surface area contributed by atoms with Crippen LogP contribution in [0, 0.1) is 35.1 Å². The van der Waals surface area contributed by atoms with Crippen molar-refractivity contribution in [2.75, 3.05) is 20.5 Å². The van der Waals surface area contributed by atoms with Crippen molar-refractivity contribution in [3.63, 3.8) is 0 Å². The lowest BCUT2D eigenvalue weighted by molar-refractivity contribution is 0.232. The molecule has 3 aromatic carbocycles. The van der Waals surface area contributed by atoms with E-state index in [1.54, 1.807) is 0 Å². The maximum absolute atomic E-state index is 14.4. The molecular formula is C30H32F6O. The lowest BCUT2D eigenvalue weighted by atomic mass is 9.79. The van der Waals surface area contributed by atoms with Gasteiger partial charge in [0.05, 0.1) is 26.0 Å². The lowest BCUT2D eigenvalue weighted by Crippen LogP contribution is -2.15. The summed E-state index contributed by atoms with van der Waals surface area (Å²) >= 11 is 0. The summed E-state index contributed by atoms with van der Waals surface area (Å²) in [5.74, 6) is -1.49. The Labute approximate surface area is 214 Å².